The molecule has 3 aromatic rings. The first kappa shape index (κ1) is 21.8. The zero-order chi connectivity index (χ0) is 21.7. The van der Waals surface area contributed by atoms with Crippen molar-refractivity contribution in [1.29, 1.82) is 0 Å². The summed E-state index contributed by atoms with van der Waals surface area (Å²) in [6, 6.07) is 9.50. The number of rotatable bonds is 8. The van der Waals surface area contributed by atoms with Gasteiger partial charge in [0.15, 0.2) is 0 Å². The predicted octanol–water partition coefficient (Wildman–Crippen LogP) is 5.01. The molecule has 0 fully saturated rings. The van der Waals surface area contributed by atoms with Crippen LogP contribution < -0.4 is 4.90 Å². The first-order valence-corrected chi connectivity index (χ1v) is 10.5. The van der Waals surface area contributed by atoms with Crippen LogP contribution in [0, 0.1) is 11.6 Å². The largest absolute Gasteiger partial charge is 0.466 e. The molecule has 0 atom stereocenters. The van der Waals surface area contributed by atoms with Crippen molar-refractivity contribution in [2.75, 3.05) is 11.5 Å². The van der Waals surface area contributed by atoms with Crippen LogP contribution in [-0.4, -0.2) is 23.5 Å². The van der Waals surface area contributed by atoms with Crippen LogP contribution in [0.2, 0.25) is 0 Å². The van der Waals surface area contributed by atoms with E-state index in [1.54, 1.807) is 13.0 Å². The number of carbonyl (C=O) groups is 2. The number of aromatic nitrogens is 1. The van der Waals surface area contributed by atoms with Crippen LogP contribution >= 0.6 is 11.3 Å². The van der Waals surface area contributed by atoms with Crippen molar-refractivity contribution in [3.63, 3.8) is 0 Å². The SMILES string of the molecule is CCOC(=O)CCC(=O)N(Cc1nc2cc(F)cc(F)c2s1)c1cccc(CC)c1. The molecule has 0 saturated carbocycles. The van der Waals surface area contributed by atoms with Crippen molar-refractivity contribution in [1.82, 2.24) is 4.98 Å². The lowest BCUT2D eigenvalue weighted by Crippen LogP contribution is -2.30. The van der Waals surface area contributed by atoms with Crippen LogP contribution in [0.25, 0.3) is 10.2 Å². The number of halogens is 2. The lowest BCUT2D eigenvalue weighted by molar-refractivity contribution is -0.144. The number of esters is 1. The summed E-state index contributed by atoms with van der Waals surface area (Å²) in [5.74, 6) is -2.09. The third-order valence-corrected chi connectivity index (χ3v) is 5.59. The molecule has 0 aliphatic carbocycles. The van der Waals surface area contributed by atoms with Gasteiger partial charge in [0.2, 0.25) is 5.91 Å². The van der Waals surface area contributed by atoms with Crippen molar-refractivity contribution in [2.24, 2.45) is 0 Å². The van der Waals surface area contributed by atoms with Crippen molar-refractivity contribution in [3.8, 4) is 0 Å². The number of thiazole rings is 1. The second kappa shape index (κ2) is 9.75. The molecule has 30 heavy (non-hydrogen) atoms. The van der Waals surface area contributed by atoms with E-state index in [1.165, 1.54) is 11.0 Å². The van der Waals surface area contributed by atoms with Crippen molar-refractivity contribution < 1.29 is 23.1 Å². The maximum atomic E-state index is 14.1. The molecule has 0 spiro atoms. The van der Waals surface area contributed by atoms with Crippen molar-refractivity contribution >= 4 is 39.1 Å². The summed E-state index contributed by atoms with van der Waals surface area (Å²) in [7, 11) is 0. The Hall–Kier alpha value is -2.87. The lowest BCUT2D eigenvalue weighted by Gasteiger charge is -2.22. The Balaban J connectivity index is 1.89. The van der Waals surface area contributed by atoms with E-state index in [2.05, 4.69) is 4.98 Å². The van der Waals surface area contributed by atoms with Crippen LogP contribution in [0.4, 0.5) is 14.5 Å². The number of anilines is 1. The Morgan fingerprint density at radius 3 is 2.67 bits per heavy atom. The Morgan fingerprint density at radius 1 is 1.13 bits per heavy atom. The van der Waals surface area contributed by atoms with E-state index in [4.69, 9.17) is 4.74 Å². The topological polar surface area (TPSA) is 59.5 Å². The predicted molar refractivity (Wildman–Crippen MR) is 112 cm³/mol. The van der Waals surface area contributed by atoms with E-state index in [1.807, 2.05) is 25.1 Å². The minimum absolute atomic E-state index is 0.0247. The fourth-order valence-corrected chi connectivity index (χ4v) is 3.99. The van der Waals surface area contributed by atoms with Gasteiger partial charge in [-0.2, -0.15) is 0 Å². The molecule has 5 nitrogen and oxygen atoms in total. The Bertz CT molecular complexity index is 1070. The number of amides is 1. The highest BCUT2D eigenvalue weighted by Crippen LogP contribution is 2.29. The maximum absolute atomic E-state index is 14.1. The highest BCUT2D eigenvalue weighted by molar-refractivity contribution is 7.18. The molecule has 158 valence electrons. The molecule has 0 bridgehead atoms. The number of fused-ring (bicyclic) bond motifs is 1. The molecule has 2 aromatic carbocycles. The van der Waals surface area contributed by atoms with Crippen LogP contribution in [0.1, 0.15) is 37.3 Å². The highest BCUT2D eigenvalue weighted by atomic mass is 32.1. The van der Waals surface area contributed by atoms with Crippen molar-refractivity contribution in [2.45, 2.75) is 39.7 Å². The molecule has 1 amide bonds. The van der Waals surface area contributed by atoms with Gasteiger partial charge in [-0.15, -0.1) is 11.3 Å². The molecule has 0 unspecified atom stereocenters. The van der Waals surface area contributed by atoms with Gasteiger partial charge in [-0.05, 0) is 31.0 Å². The highest BCUT2D eigenvalue weighted by Gasteiger charge is 2.21. The molecule has 0 N–H and O–H groups in total. The van der Waals surface area contributed by atoms with Gasteiger partial charge in [-0.3, -0.25) is 9.59 Å². The average molecular weight is 432 g/mol. The van der Waals surface area contributed by atoms with Gasteiger partial charge >= 0.3 is 5.97 Å². The molecule has 1 heterocycles. The third kappa shape index (κ3) is 5.18. The van der Waals surface area contributed by atoms with E-state index < -0.39 is 17.6 Å². The fraction of sp³-hybridized carbons (Fsp3) is 0.318. The standard InChI is InChI=1S/C22H22F2N2O3S/c1-3-14-6-5-7-16(10-14)26(20(27)8-9-21(28)29-4-2)13-19-25-18-12-15(23)11-17(24)22(18)30-19/h5-7,10-12H,3-4,8-9,13H2,1-2H3. The Kier molecular flexibility index (Phi) is 7.10. The fourth-order valence-electron chi connectivity index (χ4n) is 3.05. The van der Waals surface area contributed by atoms with Crippen LogP contribution in [0.3, 0.4) is 0 Å². The second-order valence-corrected chi connectivity index (χ2v) is 7.74. The Labute approximate surface area is 177 Å². The van der Waals surface area contributed by atoms with Gasteiger partial charge in [-0.25, -0.2) is 13.8 Å². The van der Waals surface area contributed by atoms with Gasteiger partial charge in [-0.1, -0.05) is 19.1 Å². The summed E-state index contributed by atoms with van der Waals surface area (Å²) in [5, 5.41) is 0.473. The molecule has 0 aliphatic heterocycles. The minimum Gasteiger partial charge on any atom is -0.466 e. The Morgan fingerprint density at radius 2 is 1.93 bits per heavy atom. The molecule has 3 rings (SSSR count). The van der Waals surface area contributed by atoms with E-state index in [0.717, 1.165) is 29.4 Å². The molecular weight excluding hydrogens is 410 g/mol. The molecule has 8 heteroatoms. The van der Waals surface area contributed by atoms with E-state index in [0.29, 0.717) is 10.7 Å². The maximum Gasteiger partial charge on any atom is 0.306 e. The van der Waals surface area contributed by atoms with Crippen LogP contribution in [0.5, 0.6) is 0 Å². The minimum atomic E-state index is -0.699. The summed E-state index contributed by atoms with van der Waals surface area (Å²) in [5.41, 5.74) is 1.93. The number of benzene rings is 2. The summed E-state index contributed by atoms with van der Waals surface area (Å²) in [6.07, 6.45) is 0.740. The zero-order valence-corrected chi connectivity index (χ0v) is 17.6. The summed E-state index contributed by atoms with van der Waals surface area (Å²) in [6.45, 7) is 4.06. The monoisotopic (exact) mass is 432 g/mol. The van der Waals surface area contributed by atoms with Gasteiger partial charge < -0.3 is 9.64 Å². The van der Waals surface area contributed by atoms with Gasteiger partial charge in [0.25, 0.3) is 0 Å². The first-order chi connectivity index (χ1) is 14.4. The second-order valence-electron chi connectivity index (χ2n) is 6.65. The van der Waals surface area contributed by atoms with Gasteiger partial charge in [0.1, 0.15) is 16.6 Å². The molecular formula is C22H22F2N2O3S. The first-order valence-electron chi connectivity index (χ1n) is 9.70. The summed E-state index contributed by atoms with van der Waals surface area (Å²) >= 11 is 1.08. The average Bonchev–Trinajstić information content (AvgIpc) is 3.13. The number of nitrogens with zero attached hydrogens (tertiary/aromatic N) is 2. The number of ether oxygens (including phenoxy) is 1. The van der Waals surface area contributed by atoms with E-state index >= 15 is 0 Å². The van der Waals surface area contributed by atoms with E-state index in [9.17, 15) is 18.4 Å². The van der Waals surface area contributed by atoms with Crippen LogP contribution in [-0.2, 0) is 27.3 Å². The third-order valence-electron chi connectivity index (χ3n) is 4.53. The number of hydrogen-bond acceptors (Lipinski definition) is 5. The van der Waals surface area contributed by atoms with Gasteiger partial charge in [0.05, 0.1) is 29.8 Å². The van der Waals surface area contributed by atoms with E-state index in [-0.39, 0.29) is 42.1 Å². The molecule has 0 saturated heterocycles. The van der Waals surface area contributed by atoms with Gasteiger partial charge in [0, 0.05) is 24.2 Å². The smallest absolute Gasteiger partial charge is 0.306 e. The normalized spacial score (nSPS) is 10.9. The van der Waals surface area contributed by atoms with Crippen molar-refractivity contribution in [3.05, 3.63) is 58.6 Å². The lowest BCUT2D eigenvalue weighted by atomic mass is 10.1. The number of carbonyl (C=O) groups excluding carboxylic acids is 2. The summed E-state index contributed by atoms with van der Waals surface area (Å²) < 4.78 is 32.7. The molecule has 0 radical (unpaired) electrons. The molecule has 0 aliphatic rings. The van der Waals surface area contributed by atoms with Crippen LogP contribution in [0.15, 0.2) is 36.4 Å². The quantitative estimate of drug-likeness (QED) is 0.470. The summed E-state index contributed by atoms with van der Waals surface area (Å²) in [4.78, 5) is 30.4. The molecule has 1 aromatic heterocycles. The number of hydrogen-bond donors (Lipinski definition) is 0. The number of aryl methyl sites for hydroxylation is 1. The zero-order valence-electron chi connectivity index (χ0n) is 16.8.